The molecule has 34 heteroatoms. The number of anilines is 2. The first-order valence-corrected chi connectivity index (χ1v) is 44.0. The van der Waals surface area contributed by atoms with Crippen molar-refractivity contribution >= 4 is 119 Å². The van der Waals surface area contributed by atoms with Gasteiger partial charge in [0, 0.05) is 65.7 Å². The Morgan fingerprint density at radius 3 is 0.785 bits per heavy atom. The standard InChI is InChI=1S/C96H70N2O20S4.8Na/c1-51(2)63-33-21-34-64(52(3)4)91(63)97-93(99)71-47-79(115-75-37-17-15-31-67(75)55-23-11-9-12-24-55)85-86-80(116-76-38-18-16-32-68(76)56-25-13-10-14-26-56)48-72-84-74(96(102)98(94(72)100)92-65(53(5)6)35-22-36-66(92)54(7)8)50-82(118-78-42-40-62(122(112,113)114)46-70(78)58-28-20-30-60(44-58)120(106,107)108)88(90(84)86)87-81(49-73(95(97)101)83(71)89(85)87)117-77-41-39-61(121(109,110)111)45-69(77)57-27-19-29-59(43-57)119(103,104)105;;;;;;;;/h9-11,13,17-54H,1-8H3,(H,103,104,105)(H,106,107,108)(H,109,110,111)(H,112,113,114);;;;;;;;/q-4;8*+1/p-4. The SMILES string of the molecule is CC(C)c1cccc(C(C)C)c1N1C(=O)c2cc(Oc3cc[c-]cc3-c3c[c-]ccc3)c3c4c(Oc5cc[c-]cc5-c5c[c-]ccc5)cc5c6c(cc(Oc7ccc(S(=O)(=O)[O-])cc7-c7cccc(S(=O)(=O)[O-])c7)c(c7c(Oc8ccc(S(=O)(=O)[O-])cc8-c8cccc(S(=O)(=O)[O-])c8)cc(c2c37)C1=O)c64)C(=O)N(c1c(C(C)C)cccc1C(C)C)C5=O.[Na+].[Na+].[Na+].[Na+].[Na+].[Na+].[Na+].[Na+]. The zero-order valence-electron chi connectivity index (χ0n) is 73.9. The molecule has 0 fully saturated rings. The summed E-state index contributed by atoms with van der Waals surface area (Å²) in [6.07, 6.45) is 0. The summed E-state index contributed by atoms with van der Waals surface area (Å²) < 4.78 is 188. The van der Waals surface area contributed by atoms with Crippen molar-refractivity contribution in [2.45, 2.75) is 98.6 Å². The van der Waals surface area contributed by atoms with Gasteiger partial charge in [0.15, 0.2) is 0 Å². The quantitative estimate of drug-likeness (QED) is 0.0159. The maximum atomic E-state index is 17.1. The van der Waals surface area contributed by atoms with Crippen molar-refractivity contribution in [3.05, 3.63) is 299 Å². The van der Waals surface area contributed by atoms with Crippen molar-refractivity contribution in [2.24, 2.45) is 0 Å². The second-order valence-corrected chi connectivity index (χ2v) is 36.3. The second-order valence-electron chi connectivity index (χ2n) is 30.8. The van der Waals surface area contributed by atoms with Crippen LogP contribution in [-0.2, 0) is 40.5 Å². The van der Waals surface area contributed by atoms with Crippen molar-refractivity contribution in [3.63, 3.8) is 0 Å². The van der Waals surface area contributed by atoms with Gasteiger partial charge < -0.3 is 37.2 Å². The molecule has 0 radical (unpaired) electrons. The third-order valence-corrected chi connectivity index (χ3v) is 25.3. The molecule has 15 aromatic rings. The van der Waals surface area contributed by atoms with Gasteiger partial charge in [0.05, 0.1) is 53.2 Å². The predicted octanol–water partition coefficient (Wildman–Crippen LogP) is -3.48. The average molecular weight is 1880 g/mol. The monoisotopic (exact) mass is 1880 g/mol. The molecule has 2 heterocycles. The van der Waals surface area contributed by atoms with Gasteiger partial charge in [-0.25, -0.2) is 43.5 Å². The Morgan fingerprint density at radius 2 is 0.515 bits per heavy atom. The molecule has 2 aliphatic heterocycles. The number of amides is 4. The van der Waals surface area contributed by atoms with Gasteiger partial charge in [-0.2, -0.15) is 108 Å². The molecule has 2 aliphatic rings. The molecule has 0 atom stereocenters. The van der Waals surface area contributed by atoms with Gasteiger partial charge in [-0.15, -0.1) is 23.3 Å². The Hall–Kier alpha value is -5.28. The number of hydrogen-bond acceptors (Lipinski definition) is 20. The number of imide groups is 2. The van der Waals surface area contributed by atoms with Crippen LogP contribution in [0.1, 0.15) is 143 Å². The van der Waals surface area contributed by atoms with Crippen LogP contribution in [0.5, 0.6) is 46.0 Å². The van der Waals surface area contributed by atoms with Gasteiger partial charge in [-0.3, -0.25) is 19.2 Å². The number of nitrogens with zero attached hydrogens (tertiary/aromatic N) is 2. The molecule has 0 aromatic heterocycles. The summed E-state index contributed by atoms with van der Waals surface area (Å²) in [5.41, 5.74) is 2.73. The summed E-state index contributed by atoms with van der Waals surface area (Å²) in [4.78, 5) is 67.1. The summed E-state index contributed by atoms with van der Waals surface area (Å²) in [7, 11) is -21.5. The molecule has 0 bridgehead atoms. The fraction of sp³-hybridized carbons (Fsp3) is 0.125. The number of ether oxygens (including phenoxy) is 4. The first-order valence-electron chi connectivity index (χ1n) is 38.4. The molecule has 22 nitrogen and oxygen atoms in total. The van der Waals surface area contributed by atoms with E-state index in [1.165, 1.54) is 48.5 Å². The smallest absolute Gasteiger partial charge is 0.744 e. The Kier molecular flexibility index (Phi) is 35.7. The van der Waals surface area contributed by atoms with E-state index in [9.17, 15) is 51.9 Å². The van der Waals surface area contributed by atoms with E-state index in [1.807, 2.05) is 67.5 Å². The zero-order chi connectivity index (χ0) is 86.2. The minimum Gasteiger partial charge on any atom is -0.744 e. The van der Waals surface area contributed by atoms with Crippen molar-refractivity contribution in [1.82, 2.24) is 0 Å². The molecule has 0 saturated heterocycles. The molecule has 15 aromatic carbocycles. The summed E-state index contributed by atoms with van der Waals surface area (Å²) in [5.74, 6) is -6.87. The van der Waals surface area contributed by atoms with Crippen LogP contribution in [0.3, 0.4) is 0 Å². The van der Waals surface area contributed by atoms with Gasteiger partial charge in [-0.05, 0) is 142 Å². The van der Waals surface area contributed by atoms with E-state index in [4.69, 9.17) is 18.9 Å². The summed E-state index contributed by atoms with van der Waals surface area (Å²) >= 11 is 0. The minimum atomic E-state index is -5.43. The Bertz CT molecular complexity index is 7050. The maximum absolute atomic E-state index is 17.1. The number of carbonyl (C=O) groups excluding carboxylic acids is 4. The van der Waals surface area contributed by atoms with Crippen LogP contribution in [-0.4, -0.2) is 75.5 Å². The molecule has 4 amide bonds. The summed E-state index contributed by atoms with van der Waals surface area (Å²) in [6, 6.07) is 67.1. The van der Waals surface area contributed by atoms with E-state index in [1.54, 1.807) is 109 Å². The molecule has 0 N–H and O–H groups in total. The van der Waals surface area contributed by atoms with E-state index in [-0.39, 0.29) is 382 Å². The Labute approximate surface area is 929 Å². The molecule has 130 heavy (non-hydrogen) atoms. The van der Waals surface area contributed by atoms with Crippen LogP contribution in [0.25, 0.3) is 87.6 Å². The van der Waals surface area contributed by atoms with Gasteiger partial charge in [0.1, 0.15) is 75.0 Å². The van der Waals surface area contributed by atoms with Gasteiger partial charge in [0.2, 0.25) is 0 Å². The van der Waals surface area contributed by atoms with Crippen LogP contribution >= 0.6 is 0 Å². The van der Waals surface area contributed by atoms with E-state index in [0.29, 0.717) is 44.5 Å². The number of fused-ring (bicyclic) bond motifs is 2. The maximum Gasteiger partial charge on any atom is 1.00 e. The number of carbonyl (C=O) groups is 4. The Balaban J connectivity index is 0.00000238. The largest absolute Gasteiger partial charge is 1.00 e. The molecule has 612 valence electrons. The summed E-state index contributed by atoms with van der Waals surface area (Å²) in [6.45, 7) is 15.2. The molecule has 17 rings (SSSR count). The number of benzene rings is 15. The first-order chi connectivity index (χ1) is 58.0. The fourth-order valence-corrected chi connectivity index (χ4v) is 18.5. The average Bonchev–Trinajstić information content (AvgIpc) is 0.667. The molecule has 0 spiro atoms. The molecule has 0 aliphatic carbocycles. The predicted molar refractivity (Wildman–Crippen MR) is 454 cm³/mol. The van der Waals surface area contributed by atoms with Crippen LogP contribution in [0.15, 0.2) is 250 Å². The molecule has 0 unspecified atom stereocenters. The van der Waals surface area contributed by atoms with Crippen LogP contribution in [0.2, 0.25) is 0 Å². The van der Waals surface area contributed by atoms with Crippen molar-refractivity contribution in [3.8, 4) is 90.5 Å². The second kappa shape index (κ2) is 42.8. The van der Waals surface area contributed by atoms with Crippen LogP contribution in [0, 0.1) is 24.3 Å². The van der Waals surface area contributed by atoms with Gasteiger partial charge in [-0.1, -0.05) is 116 Å². The third-order valence-electron chi connectivity index (χ3n) is 21.9. The van der Waals surface area contributed by atoms with E-state index in [0.717, 1.165) is 70.5 Å². The number of para-hydroxylation sites is 2. The number of rotatable bonds is 22. The van der Waals surface area contributed by atoms with Gasteiger partial charge >= 0.3 is 236 Å². The fourth-order valence-electron chi connectivity index (χ4n) is 16.4. The van der Waals surface area contributed by atoms with E-state index >= 15 is 19.2 Å². The van der Waals surface area contributed by atoms with Crippen molar-refractivity contribution in [1.29, 1.82) is 0 Å². The topological polar surface area (TPSA) is 340 Å². The number of hydrogen-bond donors (Lipinski definition) is 0. The third kappa shape index (κ3) is 20.4. The summed E-state index contributed by atoms with van der Waals surface area (Å²) in [5, 5.41) is -0.959. The van der Waals surface area contributed by atoms with Crippen molar-refractivity contribution in [2.75, 3.05) is 9.80 Å². The van der Waals surface area contributed by atoms with E-state index in [2.05, 4.69) is 24.3 Å². The van der Waals surface area contributed by atoms with Crippen LogP contribution < -0.4 is 265 Å². The molecular weight excluding hydrogens is 1810 g/mol. The minimum absolute atomic E-state index is 0. The normalized spacial score (nSPS) is 12.5. The van der Waals surface area contributed by atoms with Crippen molar-refractivity contribution < 1.29 is 326 Å². The zero-order valence-corrected chi connectivity index (χ0v) is 93.2. The first kappa shape index (κ1) is 108. The van der Waals surface area contributed by atoms with E-state index < -0.39 is 107 Å². The van der Waals surface area contributed by atoms with Crippen LogP contribution in [0.4, 0.5) is 11.4 Å². The molecule has 0 saturated carbocycles. The molecular formula is C96H66N2Na8O20S4. The Morgan fingerprint density at radius 1 is 0.254 bits per heavy atom. The van der Waals surface area contributed by atoms with Gasteiger partial charge in [0.25, 0.3) is 23.6 Å².